The molecule has 1 aliphatic rings. The molecule has 1 aliphatic heterocycles. The molecule has 2 aromatic heterocycles. The van der Waals surface area contributed by atoms with E-state index in [0.29, 0.717) is 17.6 Å². The third-order valence-corrected chi connectivity index (χ3v) is 8.14. The van der Waals surface area contributed by atoms with E-state index in [-0.39, 0.29) is 12.2 Å². The van der Waals surface area contributed by atoms with E-state index in [4.69, 9.17) is 4.74 Å². The van der Waals surface area contributed by atoms with E-state index >= 15 is 0 Å². The molecular weight excluding hydrogens is 586 g/mol. The van der Waals surface area contributed by atoms with Gasteiger partial charge in [-0.3, -0.25) is 9.59 Å². The van der Waals surface area contributed by atoms with Crippen molar-refractivity contribution in [2.24, 2.45) is 0 Å². The first-order valence-corrected chi connectivity index (χ1v) is 16.2. The van der Waals surface area contributed by atoms with Crippen LogP contribution in [0.3, 0.4) is 0 Å². The lowest BCUT2D eigenvalue weighted by Crippen LogP contribution is -2.68. The molecule has 0 saturated carbocycles. The van der Waals surface area contributed by atoms with Crippen LogP contribution in [0.4, 0.5) is 5.82 Å². The fourth-order valence-corrected chi connectivity index (χ4v) is 5.48. The lowest BCUT2D eigenvalue weighted by atomic mass is 9.92. The van der Waals surface area contributed by atoms with Gasteiger partial charge < -0.3 is 51.2 Å². The van der Waals surface area contributed by atoms with Gasteiger partial charge in [-0.25, -0.2) is 15.0 Å². The van der Waals surface area contributed by atoms with Gasteiger partial charge in [0.1, 0.15) is 42.4 Å². The van der Waals surface area contributed by atoms with Crippen molar-refractivity contribution < 1.29 is 39.9 Å². The second-order valence-corrected chi connectivity index (χ2v) is 11.7. The highest BCUT2D eigenvalue weighted by Crippen LogP contribution is 2.26. The summed E-state index contributed by atoms with van der Waals surface area (Å²) in [7, 11) is 0. The molecule has 0 unspecified atom stereocenters. The molecule has 15 nitrogen and oxygen atoms in total. The molecule has 15 heteroatoms. The first kappa shape index (κ1) is 36.5. The number of nitrogens with one attached hydrogen (secondary N) is 4. The Hall–Kier alpha value is -2.95. The van der Waals surface area contributed by atoms with Crippen LogP contribution in [0.15, 0.2) is 12.7 Å². The van der Waals surface area contributed by atoms with Crippen molar-refractivity contribution in [2.75, 3.05) is 18.5 Å². The van der Waals surface area contributed by atoms with Gasteiger partial charge in [-0.15, -0.1) is 0 Å². The maximum atomic E-state index is 12.7. The number of anilines is 1. The van der Waals surface area contributed by atoms with Gasteiger partial charge >= 0.3 is 0 Å². The lowest BCUT2D eigenvalue weighted by Gasteiger charge is -2.44. The van der Waals surface area contributed by atoms with E-state index in [1.165, 1.54) is 64.0 Å². The number of hydrogen-bond acceptors (Lipinski definition) is 12. The number of aliphatic hydroxyl groups excluding tert-OH is 5. The number of ether oxygens (including phenoxy) is 1. The molecule has 0 bridgehead atoms. The summed E-state index contributed by atoms with van der Waals surface area (Å²) < 4.78 is 5.77. The maximum absolute atomic E-state index is 12.7. The van der Waals surface area contributed by atoms with Crippen molar-refractivity contribution in [2.45, 2.75) is 133 Å². The number of H-pyrrole nitrogens is 1. The van der Waals surface area contributed by atoms with E-state index in [1.807, 2.05) is 0 Å². The van der Waals surface area contributed by atoms with Crippen LogP contribution in [0.2, 0.25) is 0 Å². The summed E-state index contributed by atoms with van der Waals surface area (Å²) in [6.45, 7) is 0.946. The number of aromatic nitrogens is 4. The SMILES string of the molecule is CCCCCCCCCCCCCC[C@H](O)C(=O)NCC(=O)N[C@@H]1[C@@H](O)[C@@H](O)[C@@H](Nc2ncnc3nc[nH]c23)O[C@H]1[C@@H](O)CO. The van der Waals surface area contributed by atoms with Crippen LogP contribution < -0.4 is 16.0 Å². The molecule has 3 heterocycles. The topological polar surface area (TPSA) is 235 Å². The van der Waals surface area contributed by atoms with Gasteiger partial charge in [-0.1, -0.05) is 84.0 Å². The van der Waals surface area contributed by atoms with E-state index in [1.54, 1.807) is 0 Å². The Kier molecular flexibility index (Phi) is 15.9. The molecule has 0 aromatic carbocycles. The first-order valence-electron chi connectivity index (χ1n) is 16.2. The number of hydrogen-bond donors (Lipinski definition) is 9. The van der Waals surface area contributed by atoms with E-state index in [2.05, 4.69) is 42.8 Å². The highest BCUT2D eigenvalue weighted by atomic mass is 16.5. The van der Waals surface area contributed by atoms with E-state index in [0.717, 1.165) is 19.3 Å². The third kappa shape index (κ3) is 11.4. The molecule has 0 spiro atoms. The van der Waals surface area contributed by atoms with Gasteiger partial charge in [-0.2, -0.15) is 0 Å². The van der Waals surface area contributed by atoms with Crippen LogP contribution >= 0.6 is 0 Å². The Bertz CT molecular complexity index is 1150. The van der Waals surface area contributed by atoms with Crippen LogP contribution in [0.1, 0.15) is 90.4 Å². The summed E-state index contributed by atoms with van der Waals surface area (Å²) in [6, 6.07) is -1.34. The fraction of sp³-hybridized carbons (Fsp3) is 0.767. The van der Waals surface area contributed by atoms with E-state index in [9.17, 15) is 35.1 Å². The van der Waals surface area contributed by atoms with Crippen molar-refractivity contribution in [3.63, 3.8) is 0 Å². The number of unbranched alkanes of at least 4 members (excludes halogenated alkanes) is 11. The highest BCUT2D eigenvalue weighted by molar-refractivity contribution is 5.87. The van der Waals surface area contributed by atoms with Crippen molar-refractivity contribution >= 4 is 28.8 Å². The van der Waals surface area contributed by atoms with Crippen molar-refractivity contribution in [3.05, 3.63) is 12.7 Å². The smallest absolute Gasteiger partial charge is 0.249 e. The van der Waals surface area contributed by atoms with Gasteiger partial charge in [0.05, 0.1) is 25.5 Å². The Morgan fingerprint density at radius 1 is 0.933 bits per heavy atom. The molecule has 2 aromatic rings. The summed E-state index contributed by atoms with van der Waals surface area (Å²) in [5.74, 6) is -1.24. The summed E-state index contributed by atoms with van der Waals surface area (Å²) in [5, 5.41) is 59.5. The van der Waals surface area contributed by atoms with Crippen molar-refractivity contribution in [1.82, 2.24) is 30.6 Å². The molecule has 1 saturated heterocycles. The molecule has 7 atom stereocenters. The lowest BCUT2D eigenvalue weighted by molar-refractivity contribution is -0.204. The average Bonchev–Trinajstić information content (AvgIpc) is 3.53. The second kappa shape index (κ2) is 19.5. The predicted molar refractivity (Wildman–Crippen MR) is 166 cm³/mol. The average molecular weight is 638 g/mol. The Morgan fingerprint density at radius 3 is 2.22 bits per heavy atom. The monoisotopic (exact) mass is 637 g/mol. The molecule has 45 heavy (non-hydrogen) atoms. The number of fused-ring (bicyclic) bond motifs is 1. The molecule has 0 aliphatic carbocycles. The quantitative estimate of drug-likeness (QED) is 0.0857. The Labute approximate surface area is 263 Å². The number of amides is 2. The number of imidazole rings is 1. The van der Waals surface area contributed by atoms with Gasteiger partial charge in [0.25, 0.3) is 0 Å². The van der Waals surface area contributed by atoms with Gasteiger partial charge in [-0.05, 0) is 6.42 Å². The molecule has 3 rings (SSSR count). The van der Waals surface area contributed by atoms with Gasteiger partial charge in [0.15, 0.2) is 17.7 Å². The molecule has 2 amide bonds. The van der Waals surface area contributed by atoms with Crippen LogP contribution in [-0.4, -0.2) is 113 Å². The third-order valence-electron chi connectivity index (χ3n) is 8.14. The minimum Gasteiger partial charge on any atom is -0.394 e. The number of aromatic amines is 1. The summed E-state index contributed by atoms with van der Waals surface area (Å²) >= 11 is 0. The van der Waals surface area contributed by atoms with Crippen LogP contribution in [-0.2, 0) is 14.3 Å². The van der Waals surface area contributed by atoms with Crippen LogP contribution in [0.25, 0.3) is 11.2 Å². The summed E-state index contributed by atoms with van der Waals surface area (Å²) in [4.78, 5) is 40.0. The first-order chi connectivity index (χ1) is 21.8. The van der Waals surface area contributed by atoms with Gasteiger partial charge in [0.2, 0.25) is 11.8 Å². The summed E-state index contributed by atoms with van der Waals surface area (Å²) in [6.07, 6.45) is 8.31. The largest absolute Gasteiger partial charge is 0.394 e. The van der Waals surface area contributed by atoms with Gasteiger partial charge in [0, 0.05) is 0 Å². The summed E-state index contributed by atoms with van der Waals surface area (Å²) in [5.41, 5.74) is 0.755. The Morgan fingerprint density at radius 2 is 1.58 bits per heavy atom. The number of nitrogens with zero attached hydrogens (tertiary/aromatic N) is 3. The normalized spacial score (nSPS) is 23.0. The standard InChI is InChI=1S/C30H51N7O8/c1-2-3-4-5-6-7-8-9-10-11-12-13-14-19(39)29(44)31-15-21(41)36-22-24(42)25(43)30(45-26(22)20(40)16-38)37-28-23-27(33-17-32-23)34-18-35-28/h17-20,22,24-26,30,38-40,42-43H,2-16H2,1H3,(H,31,44)(H,36,41)(H2,32,33,34,35,37)/t19-,20-,22+,24+,25+,26-,30-/m0/s1. The molecular formula is C30H51N7O8. The maximum Gasteiger partial charge on any atom is 0.249 e. The zero-order valence-electron chi connectivity index (χ0n) is 26.1. The molecule has 254 valence electrons. The number of rotatable bonds is 21. The fourth-order valence-electron chi connectivity index (χ4n) is 5.48. The van der Waals surface area contributed by atoms with Crippen LogP contribution in [0.5, 0.6) is 0 Å². The van der Waals surface area contributed by atoms with Crippen molar-refractivity contribution in [1.29, 1.82) is 0 Å². The molecule has 0 radical (unpaired) electrons. The predicted octanol–water partition coefficient (Wildman–Crippen LogP) is 0.618. The minimum atomic E-state index is -1.64. The van der Waals surface area contributed by atoms with Crippen molar-refractivity contribution in [3.8, 4) is 0 Å². The zero-order chi connectivity index (χ0) is 32.6. The molecule has 9 N–H and O–H groups in total. The minimum absolute atomic E-state index is 0.207. The number of aliphatic hydroxyl groups is 5. The second-order valence-electron chi connectivity index (χ2n) is 11.7. The highest BCUT2D eigenvalue weighted by Gasteiger charge is 2.48. The number of carbonyl (C=O) groups excluding carboxylic acids is 2. The molecule has 1 fully saturated rings. The van der Waals surface area contributed by atoms with E-state index < -0.39 is 67.8 Å². The zero-order valence-corrected chi connectivity index (χ0v) is 26.1. The van der Waals surface area contributed by atoms with Crippen LogP contribution in [0, 0.1) is 0 Å². The Balaban J connectivity index is 1.38. The number of carbonyl (C=O) groups is 2.